The van der Waals surface area contributed by atoms with Gasteiger partial charge >= 0.3 is 0 Å². The van der Waals surface area contributed by atoms with E-state index in [9.17, 15) is 9.59 Å². The monoisotopic (exact) mass is 437 g/mol. The highest BCUT2D eigenvalue weighted by Crippen LogP contribution is 2.23. The molecule has 9 heteroatoms. The molecule has 0 aliphatic rings. The van der Waals surface area contributed by atoms with Gasteiger partial charge in [0.25, 0.3) is 11.8 Å². The van der Waals surface area contributed by atoms with Gasteiger partial charge in [-0.25, -0.2) is 9.97 Å². The van der Waals surface area contributed by atoms with Crippen molar-refractivity contribution in [3.63, 3.8) is 0 Å². The molecule has 2 N–H and O–H groups in total. The van der Waals surface area contributed by atoms with Crippen LogP contribution in [0.1, 0.15) is 20.8 Å². The number of halogens is 1. The molecule has 0 saturated heterocycles. The highest BCUT2D eigenvalue weighted by Gasteiger charge is 2.19. The summed E-state index contributed by atoms with van der Waals surface area (Å²) in [5.41, 5.74) is 1.65. The molecule has 2 amide bonds. The average Bonchev–Trinajstić information content (AvgIpc) is 3.15. The number of hydrogen-bond acceptors (Lipinski definition) is 5. The minimum absolute atomic E-state index is 0.287. The average molecular weight is 438 g/mol. The van der Waals surface area contributed by atoms with Gasteiger partial charge in [-0.15, -0.1) is 0 Å². The zero-order valence-electron chi connectivity index (χ0n) is 15.8. The number of amides is 2. The number of rotatable bonds is 5. The summed E-state index contributed by atoms with van der Waals surface area (Å²) >= 11 is 7.27. The number of aromatic nitrogens is 3. The van der Waals surface area contributed by atoms with Crippen molar-refractivity contribution in [3.05, 3.63) is 83.3 Å². The lowest BCUT2D eigenvalue weighted by molar-refractivity contribution is 0.102. The molecular formula is C21H16ClN5O2S. The lowest BCUT2D eigenvalue weighted by Gasteiger charge is -2.10. The molecule has 0 saturated carbocycles. The van der Waals surface area contributed by atoms with Gasteiger partial charge in [0.2, 0.25) is 0 Å². The third-order valence-electron chi connectivity index (χ3n) is 4.30. The fraction of sp³-hybridized carbons (Fsp3) is 0.0476. The van der Waals surface area contributed by atoms with Crippen LogP contribution in [-0.4, -0.2) is 32.4 Å². The number of nitrogens with one attached hydrogen (secondary N) is 2. The Labute approximate surface area is 181 Å². The number of fused-ring (bicyclic) bond motifs is 1. The molecule has 0 fully saturated rings. The predicted octanol–water partition coefficient (Wildman–Crippen LogP) is 4.61. The van der Waals surface area contributed by atoms with Crippen LogP contribution in [0.3, 0.4) is 0 Å². The van der Waals surface area contributed by atoms with Crippen LogP contribution in [0.4, 0.5) is 11.5 Å². The van der Waals surface area contributed by atoms with Crippen LogP contribution in [0.25, 0.3) is 5.52 Å². The first kappa shape index (κ1) is 19.9. The molecule has 30 heavy (non-hydrogen) atoms. The van der Waals surface area contributed by atoms with E-state index >= 15 is 0 Å². The summed E-state index contributed by atoms with van der Waals surface area (Å²) < 4.78 is 1.85. The van der Waals surface area contributed by atoms with E-state index in [-0.39, 0.29) is 5.69 Å². The second-order valence-electron chi connectivity index (χ2n) is 6.22. The Kier molecular flexibility index (Phi) is 5.69. The van der Waals surface area contributed by atoms with E-state index in [1.165, 1.54) is 18.0 Å². The molecule has 7 nitrogen and oxygen atoms in total. The van der Waals surface area contributed by atoms with Crippen LogP contribution in [0.15, 0.2) is 72.1 Å². The smallest absolute Gasteiger partial charge is 0.276 e. The van der Waals surface area contributed by atoms with Crippen molar-refractivity contribution in [2.75, 3.05) is 16.9 Å². The van der Waals surface area contributed by atoms with Crippen molar-refractivity contribution >= 4 is 52.2 Å². The second kappa shape index (κ2) is 8.56. The van der Waals surface area contributed by atoms with Gasteiger partial charge in [-0.05, 0) is 42.7 Å². The molecule has 4 aromatic rings. The Balaban J connectivity index is 1.61. The quantitative estimate of drug-likeness (QED) is 0.445. The Morgan fingerprint density at radius 3 is 2.57 bits per heavy atom. The van der Waals surface area contributed by atoms with Crippen molar-refractivity contribution < 1.29 is 9.59 Å². The molecule has 0 unspecified atom stereocenters. The maximum absolute atomic E-state index is 13.0. The summed E-state index contributed by atoms with van der Waals surface area (Å²) in [6, 6.07) is 15.5. The van der Waals surface area contributed by atoms with E-state index in [1.54, 1.807) is 36.4 Å². The Hall–Kier alpha value is -3.36. The summed E-state index contributed by atoms with van der Waals surface area (Å²) in [7, 11) is 0. The molecule has 0 aliphatic heterocycles. The first-order valence-corrected chi connectivity index (χ1v) is 10.5. The molecule has 150 valence electrons. The fourth-order valence-corrected chi connectivity index (χ4v) is 3.58. The maximum Gasteiger partial charge on any atom is 0.276 e. The van der Waals surface area contributed by atoms with Gasteiger partial charge in [0.05, 0.1) is 21.8 Å². The number of thioether (sulfide) groups is 1. The highest BCUT2D eigenvalue weighted by molar-refractivity contribution is 7.98. The third-order valence-corrected chi connectivity index (χ3v) is 5.18. The van der Waals surface area contributed by atoms with Crippen LogP contribution in [0.2, 0.25) is 5.02 Å². The van der Waals surface area contributed by atoms with Crippen LogP contribution in [0, 0.1) is 0 Å². The van der Waals surface area contributed by atoms with E-state index in [4.69, 9.17) is 11.6 Å². The minimum atomic E-state index is -0.403. The fourth-order valence-electron chi connectivity index (χ4n) is 2.93. The van der Waals surface area contributed by atoms with Gasteiger partial charge in [0.1, 0.15) is 5.82 Å². The van der Waals surface area contributed by atoms with Crippen molar-refractivity contribution in [2.24, 2.45) is 0 Å². The van der Waals surface area contributed by atoms with Crippen molar-refractivity contribution in [1.82, 2.24) is 14.4 Å². The standard InChI is InChI=1S/C21H16ClN5O2S/c1-30-21-26-18(16-8-4-5-11-27(16)21)20(29)24-15-7-3-2-6-14(15)19(28)25-17-10-9-13(22)12-23-17/h2-12H,1H3,(H,24,29)(H,23,25,28). The SMILES string of the molecule is CSc1nc(C(=O)Nc2ccccc2C(=O)Nc2ccc(Cl)cn2)c2ccccn12. The van der Waals surface area contributed by atoms with E-state index < -0.39 is 11.8 Å². The number of carbonyl (C=O) groups is 2. The summed E-state index contributed by atoms with van der Waals surface area (Å²) in [6.45, 7) is 0. The van der Waals surface area contributed by atoms with E-state index in [0.29, 0.717) is 32.8 Å². The molecule has 0 spiro atoms. The number of benzene rings is 1. The molecule has 0 atom stereocenters. The van der Waals surface area contributed by atoms with E-state index in [1.807, 2.05) is 35.1 Å². The van der Waals surface area contributed by atoms with Gasteiger partial charge in [-0.1, -0.05) is 41.6 Å². The largest absolute Gasteiger partial charge is 0.320 e. The number of para-hydroxylation sites is 1. The number of carbonyl (C=O) groups excluding carboxylic acids is 2. The topological polar surface area (TPSA) is 88.4 Å². The predicted molar refractivity (Wildman–Crippen MR) is 119 cm³/mol. The van der Waals surface area contributed by atoms with Crippen LogP contribution >= 0.6 is 23.4 Å². The number of imidazole rings is 1. The summed E-state index contributed by atoms with van der Waals surface area (Å²) in [5, 5.41) is 6.68. The Morgan fingerprint density at radius 1 is 1.00 bits per heavy atom. The Bertz CT molecular complexity index is 1240. The third kappa shape index (κ3) is 4.00. The number of nitrogens with zero attached hydrogens (tertiary/aromatic N) is 3. The summed E-state index contributed by atoms with van der Waals surface area (Å²) in [5.74, 6) is -0.445. The van der Waals surface area contributed by atoms with Gasteiger partial charge in [0, 0.05) is 12.4 Å². The zero-order chi connectivity index (χ0) is 21.1. The van der Waals surface area contributed by atoms with Gasteiger partial charge < -0.3 is 10.6 Å². The van der Waals surface area contributed by atoms with E-state index in [0.717, 1.165) is 0 Å². The summed E-state index contributed by atoms with van der Waals surface area (Å²) in [6.07, 6.45) is 5.19. The summed E-state index contributed by atoms with van der Waals surface area (Å²) in [4.78, 5) is 34.2. The van der Waals surface area contributed by atoms with Crippen LogP contribution < -0.4 is 10.6 Å². The van der Waals surface area contributed by atoms with Crippen molar-refractivity contribution in [3.8, 4) is 0 Å². The van der Waals surface area contributed by atoms with Gasteiger partial charge in [0.15, 0.2) is 10.9 Å². The molecule has 0 radical (unpaired) electrons. The van der Waals surface area contributed by atoms with Crippen LogP contribution in [-0.2, 0) is 0 Å². The molecule has 3 aromatic heterocycles. The zero-order valence-corrected chi connectivity index (χ0v) is 17.4. The Morgan fingerprint density at radius 2 is 1.80 bits per heavy atom. The van der Waals surface area contributed by atoms with Gasteiger partial charge in [-0.2, -0.15) is 0 Å². The molecule has 1 aromatic carbocycles. The number of pyridine rings is 2. The highest BCUT2D eigenvalue weighted by atomic mass is 35.5. The number of anilines is 2. The minimum Gasteiger partial charge on any atom is -0.320 e. The molecule has 0 aliphatic carbocycles. The maximum atomic E-state index is 13.0. The molecule has 3 heterocycles. The second-order valence-corrected chi connectivity index (χ2v) is 7.43. The lowest BCUT2D eigenvalue weighted by Crippen LogP contribution is -2.19. The van der Waals surface area contributed by atoms with Crippen molar-refractivity contribution in [1.29, 1.82) is 0 Å². The van der Waals surface area contributed by atoms with Crippen LogP contribution in [0.5, 0.6) is 0 Å². The number of hydrogen-bond donors (Lipinski definition) is 2. The van der Waals surface area contributed by atoms with E-state index in [2.05, 4.69) is 20.6 Å². The normalized spacial score (nSPS) is 10.7. The molecule has 0 bridgehead atoms. The lowest BCUT2D eigenvalue weighted by atomic mass is 10.1. The van der Waals surface area contributed by atoms with Gasteiger partial charge in [-0.3, -0.25) is 14.0 Å². The van der Waals surface area contributed by atoms with Crippen molar-refractivity contribution in [2.45, 2.75) is 5.16 Å². The first-order valence-electron chi connectivity index (χ1n) is 8.91. The molecular weight excluding hydrogens is 422 g/mol. The molecule has 4 rings (SSSR count). The first-order chi connectivity index (χ1) is 14.6.